The Bertz CT molecular complexity index is 868. The molecule has 7 heteroatoms. The smallest absolute Gasteiger partial charge is 0.250 e. The Kier molecular flexibility index (Phi) is 4.99. The van der Waals surface area contributed by atoms with Crippen molar-refractivity contribution in [1.29, 1.82) is 0 Å². The van der Waals surface area contributed by atoms with Gasteiger partial charge in [0.25, 0.3) is 0 Å². The number of hydrogen-bond donors (Lipinski definition) is 2. The van der Waals surface area contributed by atoms with Crippen molar-refractivity contribution in [3.63, 3.8) is 0 Å². The number of benzene rings is 1. The highest BCUT2D eigenvalue weighted by Gasteiger charge is 2.70. The number of hydrogen-bond acceptors (Lipinski definition) is 5. The molecular weight excluding hydrogens is 370 g/mol. The van der Waals surface area contributed by atoms with Gasteiger partial charge in [0.05, 0.1) is 25.0 Å². The molecule has 0 aromatic heterocycles. The number of methoxy groups -OCH3 is 1. The van der Waals surface area contributed by atoms with Crippen LogP contribution in [0, 0.1) is 17.8 Å². The lowest BCUT2D eigenvalue weighted by molar-refractivity contribution is -0.143. The van der Waals surface area contributed by atoms with Gasteiger partial charge in [-0.15, -0.1) is 0 Å². The standard InChI is InChI=1S/C22H29N3O4/c1-5-13-7-6-8-14-18(13)23-21(28)22(14)17-16(15(24-22)11-12(2)3)19(26)25(20(17)27)9-10-29-4/h6-8,12,15-17,24H,5,9-11H2,1-4H3,(H,23,28). The van der Waals surface area contributed by atoms with Crippen LogP contribution in [-0.4, -0.2) is 48.9 Å². The van der Waals surface area contributed by atoms with Gasteiger partial charge in [-0.2, -0.15) is 0 Å². The summed E-state index contributed by atoms with van der Waals surface area (Å²) in [4.78, 5) is 41.4. The first-order valence-corrected chi connectivity index (χ1v) is 10.4. The third-order valence-corrected chi connectivity index (χ3v) is 6.55. The van der Waals surface area contributed by atoms with Gasteiger partial charge in [0, 0.05) is 24.4 Å². The van der Waals surface area contributed by atoms with E-state index in [2.05, 4.69) is 24.5 Å². The first-order chi connectivity index (χ1) is 13.9. The Labute approximate surface area is 171 Å². The number of aryl methyl sites for hydroxylation is 1. The number of carbonyl (C=O) groups excluding carboxylic acids is 3. The third kappa shape index (κ3) is 2.74. The molecule has 2 N–H and O–H groups in total. The van der Waals surface area contributed by atoms with Gasteiger partial charge >= 0.3 is 0 Å². The molecule has 3 aliphatic heterocycles. The van der Waals surface area contributed by atoms with Crippen molar-refractivity contribution >= 4 is 23.4 Å². The Morgan fingerprint density at radius 2 is 1.97 bits per heavy atom. The van der Waals surface area contributed by atoms with Crippen LogP contribution in [0.3, 0.4) is 0 Å². The SMILES string of the molecule is CCc1cccc2c1NC(=O)C21NC(CC(C)C)C2C(=O)N(CCOC)C(=O)C21. The summed E-state index contributed by atoms with van der Waals surface area (Å²) >= 11 is 0. The Balaban J connectivity index is 1.84. The Hall–Kier alpha value is -2.25. The summed E-state index contributed by atoms with van der Waals surface area (Å²) in [6, 6.07) is 5.59. The van der Waals surface area contributed by atoms with Crippen molar-refractivity contribution < 1.29 is 19.1 Å². The van der Waals surface area contributed by atoms with Crippen LogP contribution in [-0.2, 0) is 31.1 Å². The first-order valence-electron chi connectivity index (χ1n) is 10.4. The van der Waals surface area contributed by atoms with Gasteiger partial charge in [-0.25, -0.2) is 0 Å². The van der Waals surface area contributed by atoms with Crippen LogP contribution in [0.5, 0.6) is 0 Å². The minimum Gasteiger partial charge on any atom is -0.383 e. The van der Waals surface area contributed by atoms with Crippen molar-refractivity contribution in [2.45, 2.75) is 45.2 Å². The second kappa shape index (κ2) is 7.22. The molecule has 2 fully saturated rings. The second-order valence-electron chi connectivity index (χ2n) is 8.66. The zero-order valence-corrected chi connectivity index (χ0v) is 17.5. The lowest BCUT2D eigenvalue weighted by atomic mass is 9.76. The molecule has 4 atom stereocenters. The normalized spacial score (nSPS) is 30.4. The number of rotatable bonds is 6. The van der Waals surface area contributed by atoms with Crippen molar-refractivity contribution in [3.05, 3.63) is 29.3 Å². The van der Waals surface area contributed by atoms with E-state index in [1.165, 1.54) is 4.90 Å². The van der Waals surface area contributed by atoms with Crippen LogP contribution >= 0.6 is 0 Å². The molecule has 0 radical (unpaired) electrons. The van der Waals surface area contributed by atoms with E-state index in [1.807, 2.05) is 25.1 Å². The number of amides is 3. The summed E-state index contributed by atoms with van der Waals surface area (Å²) in [6.07, 6.45) is 1.49. The van der Waals surface area contributed by atoms with Crippen LogP contribution in [0.15, 0.2) is 18.2 Å². The maximum atomic E-state index is 13.4. The average Bonchev–Trinajstić information content (AvgIpc) is 3.25. The average molecular weight is 399 g/mol. The molecule has 7 nitrogen and oxygen atoms in total. The second-order valence-corrected chi connectivity index (χ2v) is 8.66. The minimum absolute atomic E-state index is 0.194. The monoisotopic (exact) mass is 399 g/mol. The van der Waals surface area contributed by atoms with Gasteiger partial charge in [-0.1, -0.05) is 39.0 Å². The fraction of sp³-hybridized carbons (Fsp3) is 0.591. The van der Waals surface area contributed by atoms with Crippen molar-refractivity contribution in [3.8, 4) is 0 Å². The highest BCUT2D eigenvalue weighted by Crippen LogP contribution is 2.54. The van der Waals surface area contributed by atoms with Crippen LogP contribution in [0.4, 0.5) is 5.69 Å². The lowest BCUT2D eigenvalue weighted by Crippen LogP contribution is -2.53. The maximum absolute atomic E-state index is 13.4. The van der Waals surface area contributed by atoms with Crippen LogP contribution in [0.1, 0.15) is 38.3 Å². The quantitative estimate of drug-likeness (QED) is 0.711. The van der Waals surface area contributed by atoms with Gasteiger partial charge < -0.3 is 10.1 Å². The summed E-state index contributed by atoms with van der Waals surface area (Å²) in [6.45, 7) is 6.72. The van der Waals surface area contributed by atoms with E-state index in [4.69, 9.17) is 4.74 Å². The number of fused-ring (bicyclic) bond motifs is 4. The van der Waals surface area contributed by atoms with E-state index in [-0.39, 0.29) is 36.9 Å². The number of nitrogens with zero attached hydrogens (tertiary/aromatic N) is 1. The largest absolute Gasteiger partial charge is 0.383 e. The summed E-state index contributed by atoms with van der Waals surface area (Å²) in [5.74, 6) is -1.65. The molecule has 1 aromatic rings. The van der Waals surface area contributed by atoms with Gasteiger partial charge in [-0.3, -0.25) is 24.6 Å². The molecule has 4 unspecified atom stereocenters. The Morgan fingerprint density at radius 3 is 2.62 bits per heavy atom. The number of nitrogens with one attached hydrogen (secondary N) is 2. The molecule has 0 saturated carbocycles. The predicted octanol–water partition coefficient (Wildman–Crippen LogP) is 1.66. The number of anilines is 1. The summed E-state index contributed by atoms with van der Waals surface area (Å²) < 4.78 is 5.10. The van der Waals surface area contributed by atoms with Crippen molar-refractivity contribution in [2.75, 3.05) is 25.6 Å². The lowest BCUT2D eigenvalue weighted by Gasteiger charge is -2.30. The van der Waals surface area contributed by atoms with Gasteiger partial charge in [0.2, 0.25) is 17.7 Å². The number of carbonyl (C=O) groups is 3. The molecule has 3 aliphatic rings. The summed E-state index contributed by atoms with van der Waals surface area (Å²) in [5, 5.41) is 6.50. The molecule has 4 rings (SSSR count). The molecular formula is C22H29N3O4. The van der Waals surface area contributed by atoms with E-state index in [9.17, 15) is 14.4 Å². The Morgan fingerprint density at radius 1 is 1.21 bits per heavy atom. The van der Waals surface area contributed by atoms with E-state index in [1.54, 1.807) is 7.11 Å². The van der Waals surface area contributed by atoms with Gasteiger partial charge in [0.15, 0.2) is 0 Å². The fourth-order valence-corrected chi connectivity index (χ4v) is 5.36. The molecule has 29 heavy (non-hydrogen) atoms. The van der Waals surface area contributed by atoms with Gasteiger partial charge in [-0.05, 0) is 24.3 Å². The summed E-state index contributed by atoms with van der Waals surface area (Å²) in [7, 11) is 1.55. The predicted molar refractivity (Wildman–Crippen MR) is 108 cm³/mol. The van der Waals surface area contributed by atoms with Crippen LogP contribution in [0.25, 0.3) is 0 Å². The number of likely N-dealkylation sites (tertiary alicyclic amines) is 1. The maximum Gasteiger partial charge on any atom is 0.250 e. The summed E-state index contributed by atoms with van der Waals surface area (Å²) in [5.41, 5.74) is 1.41. The molecule has 0 bridgehead atoms. The molecule has 3 heterocycles. The molecule has 3 amide bonds. The number of imide groups is 1. The fourth-order valence-electron chi connectivity index (χ4n) is 5.36. The van der Waals surface area contributed by atoms with E-state index >= 15 is 0 Å². The molecule has 2 saturated heterocycles. The highest BCUT2D eigenvalue weighted by molar-refractivity contribution is 6.15. The highest BCUT2D eigenvalue weighted by atomic mass is 16.5. The zero-order valence-electron chi connectivity index (χ0n) is 17.5. The molecule has 156 valence electrons. The number of para-hydroxylation sites is 1. The van der Waals surface area contributed by atoms with E-state index in [0.29, 0.717) is 5.92 Å². The third-order valence-electron chi connectivity index (χ3n) is 6.55. The molecule has 1 spiro atoms. The minimum atomic E-state index is -1.20. The topological polar surface area (TPSA) is 87.7 Å². The molecule has 0 aliphatic carbocycles. The van der Waals surface area contributed by atoms with Crippen LogP contribution in [0.2, 0.25) is 0 Å². The molecule has 1 aromatic carbocycles. The van der Waals surface area contributed by atoms with Gasteiger partial charge in [0.1, 0.15) is 5.54 Å². The van der Waals surface area contributed by atoms with Crippen molar-refractivity contribution in [1.82, 2.24) is 10.2 Å². The van der Waals surface area contributed by atoms with E-state index in [0.717, 1.165) is 29.7 Å². The number of ether oxygens (including phenoxy) is 1. The van der Waals surface area contributed by atoms with Crippen LogP contribution < -0.4 is 10.6 Å². The van der Waals surface area contributed by atoms with E-state index < -0.39 is 17.4 Å². The van der Waals surface area contributed by atoms with Crippen molar-refractivity contribution in [2.24, 2.45) is 17.8 Å². The first kappa shape index (κ1) is 20.0. The zero-order chi connectivity index (χ0) is 20.9.